The lowest BCUT2D eigenvalue weighted by Crippen LogP contribution is -2.35. The number of morpholine rings is 1. The molecule has 1 aromatic carbocycles. The lowest BCUT2D eigenvalue weighted by Gasteiger charge is -2.25. The van der Waals surface area contributed by atoms with E-state index in [1.54, 1.807) is 42.6 Å². The smallest absolute Gasteiger partial charge is 0.278 e. The monoisotopic (exact) mass is 471 g/mol. The van der Waals surface area contributed by atoms with Gasteiger partial charge in [0.2, 0.25) is 0 Å². The van der Waals surface area contributed by atoms with Crippen LogP contribution in [0.1, 0.15) is 21.2 Å². The van der Waals surface area contributed by atoms with Crippen LogP contribution in [0.25, 0.3) is 5.69 Å². The molecule has 1 aliphatic rings. The van der Waals surface area contributed by atoms with Crippen molar-refractivity contribution in [3.05, 3.63) is 62.5 Å². The molecule has 0 unspecified atom stereocenters. The molecular formula is C22H25N5O5S. The maximum absolute atomic E-state index is 13.1. The average Bonchev–Trinajstić information content (AvgIpc) is 3.26. The van der Waals surface area contributed by atoms with E-state index in [2.05, 4.69) is 15.0 Å². The molecule has 0 saturated carbocycles. The molecule has 33 heavy (non-hydrogen) atoms. The van der Waals surface area contributed by atoms with Gasteiger partial charge in [0.1, 0.15) is 16.4 Å². The van der Waals surface area contributed by atoms with Crippen LogP contribution in [0.2, 0.25) is 0 Å². The van der Waals surface area contributed by atoms with Crippen LogP contribution in [-0.4, -0.2) is 76.0 Å². The molecule has 2 aromatic heterocycles. The Balaban J connectivity index is 1.51. The van der Waals surface area contributed by atoms with Crippen molar-refractivity contribution in [3.8, 4) is 17.2 Å². The van der Waals surface area contributed by atoms with Crippen LogP contribution >= 0.6 is 11.3 Å². The number of rotatable bonds is 7. The van der Waals surface area contributed by atoms with Gasteiger partial charge in [-0.25, -0.2) is 4.98 Å². The normalized spacial score (nSPS) is 14.2. The fourth-order valence-electron chi connectivity index (χ4n) is 3.52. The fraction of sp³-hybridized carbons (Fsp3) is 0.364. The third kappa shape index (κ3) is 5.21. The molecule has 174 valence electrons. The quantitative estimate of drug-likeness (QED) is 0.552. The molecule has 1 fully saturated rings. The van der Waals surface area contributed by atoms with Crippen LogP contribution in [0.4, 0.5) is 0 Å². The molecule has 0 bridgehead atoms. The highest BCUT2D eigenvalue weighted by Gasteiger charge is 2.22. The summed E-state index contributed by atoms with van der Waals surface area (Å²) in [5.41, 5.74) is 0.306. The van der Waals surface area contributed by atoms with Gasteiger partial charge in [-0.15, -0.1) is 11.3 Å². The van der Waals surface area contributed by atoms with Gasteiger partial charge >= 0.3 is 0 Å². The van der Waals surface area contributed by atoms with E-state index in [9.17, 15) is 14.7 Å². The van der Waals surface area contributed by atoms with Crippen LogP contribution in [0.15, 0.2) is 40.5 Å². The summed E-state index contributed by atoms with van der Waals surface area (Å²) in [7, 11) is 3.08. The first kappa shape index (κ1) is 22.9. The number of nitrogens with zero attached hydrogens (tertiary/aromatic N) is 5. The van der Waals surface area contributed by atoms with Crippen molar-refractivity contribution >= 4 is 17.2 Å². The van der Waals surface area contributed by atoms with Gasteiger partial charge in [0.05, 0.1) is 39.1 Å². The molecule has 1 N–H and O–H groups in total. The summed E-state index contributed by atoms with van der Waals surface area (Å²) in [6, 6.07) is 7.79. The summed E-state index contributed by atoms with van der Waals surface area (Å²) in [6.07, 6.45) is 0. The zero-order valence-electron chi connectivity index (χ0n) is 18.4. The molecule has 1 amide bonds. The molecule has 0 radical (unpaired) electrons. The zero-order valence-corrected chi connectivity index (χ0v) is 19.2. The Hall–Kier alpha value is -3.28. The molecule has 11 heteroatoms. The van der Waals surface area contributed by atoms with Crippen molar-refractivity contribution in [2.24, 2.45) is 0 Å². The molecule has 0 aliphatic carbocycles. The Morgan fingerprint density at radius 2 is 2.06 bits per heavy atom. The van der Waals surface area contributed by atoms with E-state index in [-0.39, 0.29) is 12.2 Å². The maximum atomic E-state index is 13.1. The number of hydrogen-bond acceptors (Lipinski definition) is 9. The highest BCUT2D eigenvalue weighted by Crippen LogP contribution is 2.22. The minimum absolute atomic E-state index is 0.230. The predicted molar refractivity (Wildman–Crippen MR) is 122 cm³/mol. The fourth-order valence-corrected chi connectivity index (χ4v) is 4.34. The molecule has 10 nitrogen and oxygen atoms in total. The number of ether oxygens (including phenoxy) is 2. The number of aromatic nitrogens is 3. The number of thiazole rings is 1. The second kappa shape index (κ2) is 10.1. The number of methoxy groups -OCH3 is 1. The van der Waals surface area contributed by atoms with Crippen molar-refractivity contribution in [2.45, 2.75) is 13.1 Å². The van der Waals surface area contributed by atoms with Gasteiger partial charge in [0.15, 0.2) is 11.4 Å². The standard InChI is InChI=1S/C22H25N5O5S/c1-25(12-15-14-33-19(23-15)13-26-7-9-32-10-8-26)22(30)21-17(28)11-20(29)27(24-21)16-5-3-4-6-18(16)31-2/h3-6,11,14,28H,7-10,12-13H2,1-2H3. The minimum atomic E-state index is -0.580. The Morgan fingerprint density at radius 3 is 2.82 bits per heavy atom. The number of para-hydroxylation sites is 2. The average molecular weight is 472 g/mol. The van der Waals surface area contributed by atoms with Gasteiger partial charge < -0.3 is 19.5 Å². The number of hydrogen-bond donors (Lipinski definition) is 1. The molecule has 4 rings (SSSR count). The third-order valence-corrected chi connectivity index (χ3v) is 6.12. The Labute approximate surface area is 194 Å². The SMILES string of the molecule is COc1ccccc1-n1nc(C(=O)N(C)Cc2csc(CN3CCOCC3)n2)c(O)cc1=O. The van der Waals surface area contributed by atoms with Gasteiger partial charge in [-0.2, -0.15) is 9.78 Å². The third-order valence-electron chi connectivity index (χ3n) is 5.24. The van der Waals surface area contributed by atoms with E-state index in [4.69, 9.17) is 9.47 Å². The van der Waals surface area contributed by atoms with E-state index in [0.717, 1.165) is 54.3 Å². The number of carbonyl (C=O) groups excluding carboxylic acids is 1. The molecule has 0 atom stereocenters. The van der Waals surface area contributed by atoms with E-state index >= 15 is 0 Å². The number of carbonyl (C=O) groups is 1. The van der Waals surface area contributed by atoms with Crippen LogP contribution in [0, 0.1) is 0 Å². The van der Waals surface area contributed by atoms with Crippen LogP contribution in [-0.2, 0) is 17.8 Å². The lowest BCUT2D eigenvalue weighted by molar-refractivity contribution is 0.0341. The summed E-state index contributed by atoms with van der Waals surface area (Å²) in [5.74, 6) is -0.590. The predicted octanol–water partition coefficient (Wildman–Crippen LogP) is 1.51. The summed E-state index contributed by atoms with van der Waals surface area (Å²) in [6.45, 7) is 4.19. The second-order valence-electron chi connectivity index (χ2n) is 7.58. The van der Waals surface area contributed by atoms with Crippen LogP contribution < -0.4 is 10.3 Å². The van der Waals surface area contributed by atoms with Gasteiger partial charge in [0.25, 0.3) is 11.5 Å². The molecule has 1 aliphatic heterocycles. The van der Waals surface area contributed by atoms with Crippen molar-refractivity contribution in [2.75, 3.05) is 40.5 Å². The first-order chi connectivity index (χ1) is 16.0. The molecule has 3 heterocycles. The zero-order chi connectivity index (χ0) is 23.4. The van der Waals surface area contributed by atoms with Crippen molar-refractivity contribution in [3.63, 3.8) is 0 Å². The number of amides is 1. The number of aromatic hydroxyl groups is 1. The molecule has 3 aromatic rings. The van der Waals surface area contributed by atoms with Crippen molar-refractivity contribution in [1.82, 2.24) is 24.6 Å². The first-order valence-electron chi connectivity index (χ1n) is 10.4. The van der Waals surface area contributed by atoms with Gasteiger partial charge in [-0.1, -0.05) is 12.1 Å². The largest absolute Gasteiger partial charge is 0.505 e. The van der Waals surface area contributed by atoms with E-state index in [0.29, 0.717) is 11.4 Å². The van der Waals surface area contributed by atoms with Gasteiger partial charge in [-0.3, -0.25) is 14.5 Å². The summed E-state index contributed by atoms with van der Waals surface area (Å²) in [5, 5.41) is 17.3. The maximum Gasteiger partial charge on any atom is 0.278 e. The summed E-state index contributed by atoms with van der Waals surface area (Å²) in [4.78, 5) is 33.8. The molecular weight excluding hydrogens is 446 g/mol. The van der Waals surface area contributed by atoms with Crippen molar-refractivity contribution < 1.29 is 19.4 Å². The van der Waals surface area contributed by atoms with Crippen LogP contribution in [0.3, 0.4) is 0 Å². The van der Waals surface area contributed by atoms with E-state index in [1.165, 1.54) is 12.0 Å². The van der Waals surface area contributed by atoms with Gasteiger partial charge in [0, 0.05) is 31.6 Å². The second-order valence-corrected chi connectivity index (χ2v) is 8.53. The summed E-state index contributed by atoms with van der Waals surface area (Å²) < 4.78 is 11.7. The van der Waals surface area contributed by atoms with Crippen molar-refractivity contribution in [1.29, 1.82) is 0 Å². The molecule has 1 saturated heterocycles. The Bertz CT molecular complexity index is 1190. The Kier molecular flexibility index (Phi) is 7.02. The van der Waals surface area contributed by atoms with Crippen LogP contribution in [0.5, 0.6) is 11.5 Å². The van der Waals surface area contributed by atoms with E-state index < -0.39 is 17.2 Å². The topological polar surface area (TPSA) is 110 Å². The molecule has 0 spiro atoms. The van der Waals surface area contributed by atoms with Gasteiger partial charge in [-0.05, 0) is 12.1 Å². The highest BCUT2D eigenvalue weighted by atomic mass is 32.1. The highest BCUT2D eigenvalue weighted by molar-refractivity contribution is 7.09. The summed E-state index contributed by atoms with van der Waals surface area (Å²) >= 11 is 1.55. The Morgan fingerprint density at radius 1 is 1.30 bits per heavy atom. The minimum Gasteiger partial charge on any atom is -0.505 e. The lowest BCUT2D eigenvalue weighted by atomic mass is 10.2. The van der Waals surface area contributed by atoms with E-state index in [1.807, 2.05) is 5.38 Å². The first-order valence-corrected chi connectivity index (χ1v) is 11.3. The number of benzene rings is 1.